The number of aromatic nitrogens is 2. The van der Waals surface area contributed by atoms with Gasteiger partial charge in [-0.2, -0.15) is 0 Å². The van der Waals surface area contributed by atoms with Crippen LogP contribution in [-0.4, -0.2) is 28.7 Å². The van der Waals surface area contributed by atoms with E-state index >= 15 is 0 Å². The molecule has 1 aromatic carbocycles. The number of anilines is 1. The number of para-hydroxylation sites is 1. The van der Waals surface area contributed by atoms with Crippen LogP contribution in [0, 0.1) is 6.92 Å². The average Bonchev–Trinajstić information content (AvgIpc) is 2.53. The van der Waals surface area contributed by atoms with Gasteiger partial charge in [-0.25, -0.2) is 4.98 Å². The molecular weight excluding hydrogens is 278 g/mol. The summed E-state index contributed by atoms with van der Waals surface area (Å²) >= 11 is 0. The standard InChI is InChI=1S/C17H21N3O2/c1-13-5-3-4-6-15(13)22-14-7-10-20(11-8-14)16-17(21)19(2)12-9-18-16/h3-6,9,12,14H,7-8,10-11H2,1-2H3. The van der Waals surface area contributed by atoms with Gasteiger partial charge < -0.3 is 14.2 Å². The van der Waals surface area contributed by atoms with Crippen molar-refractivity contribution in [1.82, 2.24) is 9.55 Å². The van der Waals surface area contributed by atoms with Gasteiger partial charge in [0.05, 0.1) is 0 Å². The highest BCUT2D eigenvalue weighted by Crippen LogP contribution is 2.23. The first-order valence-corrected chi connectivity index (χ1v) is 7.64. The molecule has 0 N–H and O–H groups in total. The molecule has 0 aliphatic carbocycles. The maximum atomic E-state index is 12.1. The Morgan fingerprint density at radius 3 is 2.68 bits per heavy atom. The lowest BCUT2D eigenvalue weighted by Crippen LogP contribution is -2.41. The van der Waals surface area contributed by atoms with Crippen LogP contribution < -0.4 is 15.2 Å². The van der Waals surface area contributed by atoms with Crippen molar-refractivity contribution in [2.75, 3.05) is 18.0 Å². The molecule has 1 saturated heterocycles. The van der Waals surface area contributed by atoms with Crippen LogP contribution in [0.2, 0.25) is 0 Å². The van der Waals surface area contributed by atoms with Gasteiger partial charge in [-0.15, -0.1) is 0 Å². The third-order valence-corrected chi connectivity index (χ3v) is 4.13. The van der Waals surface area contributed by atoms with Crippen molar-refractivity contribution < 1.29 is 4.74 Å². The Labute approximate surface area is 130 Å². The highest BCUT2D eigenvalue weighted by atomic mass is 16.5. The second-order valence-electron chi connectivity index (χ2n) is 5.74. The minimum atomic E-state index is -0.0410. The van der Waals surface area contributed by atoms with Crippen LogP contribution in [0.3, 0.4) is 0 Å². The van der Waals surface area contributed by atoms with Gasteiger partial charge >= 0.3 is 0 Å². The molecule has 2 heterocycles. The minimum absolute atomic E-state index is 0.0410. The zero-order valence-corrected chi connectivity index (χ0v) is 13.0. The van der Waals surface area contributed by atoms with Gasteiger partial charge in [0.25, 0.3) is 5.56 Å². The van der Waals surface area contributed by atoms with E-state index in [0.29, 0.717) is 5.82 Å². The number of hydrogen-bond donors (Lipinski definition) is 0. The van der Waals surface area contributed by atoms with Crippen molar-refractivity contribution in [2.45, 2.75) is 25.9 Å². The van der Waals surface area contributed by atoms with Gasteiger partial charge in [0.2, 0.25) is 0 Å². The molecule has 116 valence electrons. The number of aryl methyl sites for hydroxylation is 2. The molecule has 0 bridgehead atoms. The van der Waals surface area contributed by atoms with E-state index in [1.165, 1.54) is 0 Å². The van der Waals surface area contributed by atoms with E-state index in [9.17, 15) is 4.79 Å². The maximum absolute atomic E-state index is 12.1. The first-order chi connectivity index (χ1) is 10.6. The van der Waals surface area contributed by atoms with Gasteiger partial charge in [0, 0.05) is 45.4 Å². The van der Waals surface area contributed by atoms with Crippen molar-refractivity contribution in [1.29, 1.82) is 0 Å². The lowest BCUT2D eigenvalue weighted by Gasteiger charge is -2.32. The molecule has 0 radical (unpaired) electrons. The van der Waals surface area contributed by atoms with Crippen LogP contribution in [0.1, 0.15) is 18.4 Å². The quantitative estimate of drug-likeness (QED) is 0.871. The summed E-state index contributed by atoms with van der Waals surface area (Å²) in [6.07, 6.45) is 5.35. The maximum Gasteiger partial charge on any atom is 0.293 e. The molecule has 0 saturated carbocycles. The Bertz CT molecular complexity index is 703. The second kappa shape index (κ2) is 6.22. The molecule has 1 aromatic heterocycles. The fraction of sp³-hybridized carbons (Fsp3) is 0.412. The van der Waals surface area contributed by atoms with E-state index in [-0.39, 0.29) is 11.7 Å². The molecule has 1 aliphatic heterocycles. The summed E-state index contributed by atoms with van der Waals surface area (Å²) < 4.78 is 7.66. The summed E-state index contributed by atoms with van der Waals surface area (Å²) in [5.74, 6) is 1.49. The van der Waals surface area contributed by atoms with Crippen LogP contribution in [-0.2, 0) is 7.05 Å². The average molecular weight is 299 g/mol. The van der Waals surface area contributed by atoms with Crippen LogP contribution in [0.15, 0.2) is 41.5 Å². The smallest absolute Gasteiger partial charge is 0.293 e. The van der Waals surface area contributed by atoms with Crippen molar-refractivity contribution >= 4 is 5.82 Å². The molecule has 22 heavy (non-hydrogen) atoms. The van der Waals surface area contributed by atoms with Crippen LogP contribution in [0.5, 0.6) is 5.75 Å². The highest BCUT2D eigenvalue weighted by molar-refractivity contribution is 5.36. The van der Waals surface area contributed by atoms with E-state index in [4.69, 9.17) is 4.74 Å². The fourth-order valence-electron chi connectivity index (χ4n) is 2.76. The van der Waals surface area contributed by atoms with Gasteiger partial charge in [0.1, 0.15) is 11.9 Å². The zero-order valence-electron chi connectivity index (χ0n) is 13.0. The van der Waals surface area contributed by atoms with Gasteiger partial charge in [0.15, 0.2) is 5.82 Å². The molecule has 5 heteroatoms. The van der Waals surface area contributed by atoms with E-state index in [0.717, 1.165) is 37.2 Å². The van der Waals surface area contributed by atoms with Crippen LogP contribution in [0.4, 0.5) is 5.82 Å². The molecule has 0 atom stereocenters. The predicted molar refractivity (Wildman–Crippen MR) is 86.5 cm³/mol. The van der Waals surface area contributed by atoms with E-state index in [1.54, 1.807) is 24.0 Å². The summed E-state index contributed by atoms with van der Waals surface area (Å²) in [4.78, 5) is 18.4. The molecule has 1 fully saturated rings. The largest absolute Gasteiger partial charge is 0.490 e. The highest BCUT2D eigenvalue weighted by Gasteiger charge is 2.23. The Hall–Kier alpha value is -2.30. The Morgan fingerprint density at radius 1 is 1.23 bits per heavy atom. The Balaban J connectivity index is 1.64. The summed E-state index contributed by atoms with van der Waals surface area (Å²) in [6.45, 7) is 3.65. The van der Waals surface area contributed by atoms with Gasteiger partial charge in [-0.1, -0.05) is 18.2 Å². The lowest BCUT2D eigenvalue weighted by atomic mass is 10.1. The van der Waals surface area contributed by atoms with E-state index < -0.39 is 0 Å². The molecular formula is C17H21N3O2. The first-order valence-electron chi connectivity index (χ1n) is 7.64. The van der Waals surface area contributed by atoms with Crippen LogP contribution >= 0.6 is 0 Å². The third kappa shape index (κ3) is 2.98. The van der Waals surface area contributed by atoms with Crippen molar-refractivity contribution in [2.24, 2.45) is 7.05 Å². The molecule has 3 rings (SSSR count). The molecule has 0 amide bonds. The second-order valence-corrected chi connectivity index (χ2v) is 5.74. The van der Waals surface area contributed by atoms with E-state index in [1.807, 2.05) is 18.2 Å². The Kier molecular flexibility index (Phi) is 4.13. The molecule has 1 aliphatic rings. The van der Waals surface area contributed by atoms with Gasteiger partial charge in [-0.05, 0) is 18.6 Å². The van der Waals surface area contributed by atoms with E-state index in [2.05, 4.69) is 22.9 Å². The number of nitrogens with zero attached hydrogens (tertiary/aromatic N) is 3. The van der Waals surface area contributed by atoms with Gasteiger partial charge in [-0.3, -0.25) is 4.79 Å². The van der Waals surface area contributed by atoms with Crippen molar-refractivity contribution in [3.8, 4) is 5.75 Å². The minimum Gasteiger partial charge on any atom is -0.490 e. The predicted octanol–water partition coefficient (Wildman–Crippen LogP) is 2.14. The summed E-state index contributed by atoms with van der Waals surface area (Å²) in [5.41, 5.74) is 1.12. The first kappa shape index (κ1) is 14.6. The summed E-state index contributed by atoms with van der Waals surface area (Å²) in [5, 5.41) is 0. The fourth-order valence-corrected chi connectivity index (χ4v) is 2.76. The summed E-state index contributed by atoms with van der Waals surface area (Å²) in [7, 11) is 1.75. The SMILES string of the molecule is Cc1ccccc1OC1CCN(c2nccn(C)c2=O)CC1. The number of hydrogen-bond acceptors (Lipinski definition) is 4. The zero-order chi connectivity index (χ0) is 15.5. The summed E-state index contributed by atoms with van der Waals surface area (Å²) in [6, 6.07) is 8.08. The lowest BCUT2D eigenvalue weighted by molar-refractivity contribution is 0.169. The third-order valence-electron chi connectivity index (χ3n) is 4.13. The Morgan fingerprint density at radius 2 is 1.95 bits per heavy atom. The topological polar surface area (TPSA) is 47.4 Å². The number of ether oxygens (including phenoxy) is 1. The van der Waals surface area contributed by atoms with Crippen molar-refractivity contribution in [3.63, 3.8) is 0 Å². The molecule has 2 aromatic rings. The molecule has 0 unspecified atom stereocenters. The monoisotopic (exact) mass is 299 g/mol. The number of piperidine rings is 1. The normalized spacial score (nSPS) is 15.8. The van der Waals surface area contributed by atoms with Crippen molar-refractivity contribution in [3.05, 3.63) is 52.6 Å². The molecule has 0 spiro atoms. The number of benzene rings is 1. The number of rotatable bonds is 3. The molecule has 5 nitrogen and oxygen atoms in total. The van der Waals surface area contributed by atoms with Crippen LogP contribution in [0.25, 0.3) is 0 Å².